The Balaban J connectivity index is 1.61. The molecule has 1 aromatic carbocycles. The summed E-state index contributed by atoms with van der Waals surface area (Å²) in [6.45, 7) is 1.92. The molecule has 0 fully saturated rings. The van der Waals surface area contributed by atoms with Gasteiger partial charge in [-0.1, -0.05) is 24.3 Å². The van der Waals surface area contributed by atoms with Gasteiger partial charge in [0, 0.05) is 11.9 Å². The lowest BCUT2D eigenvalue weighted by Gasteiger charge is -2.12. The second-order valence-corrected chi connectivity index (χ2v) is 8.92. The molecule has 0 aliphatic heterocycles. The van der Waals surface area contributed by atoms with E-state index in [1.54, 1.807) is 41.9 Å². The lowest BCUT2D eigenvalue weighted by Crippen LogP contribution is -2.16. The standard InChI is InChI=1S/C19H16N4O3S2/c1-13-6-4-9-17-20-16(12-23(13)17)19(24)21-14-7-2-3-8-15(14)22-28(25,26)18-10-5-11-27-18/h2-12,22H,1H3,(H,21,24). The van der Waals surface area contributed by atoms with Gasteiger partial charge in [-0.15, -0.1) is 11.3 Å². The Morgan fingerprint density at radius 1 is 1.04 bits per heavy atom. The van der Waals surface area contributed by atoms with Crippen molar-refractivity contribution in [3.63, 3.8) is 0 Å². The molecule has 4 aromatic rings. The van der Waals surface area contributed by atoms with Crippen LogP contribution in [0.1, 0.15) is 16.2 Å². The number of imidazole rings is 1. The van der Waals surface area contributed by atoms with Crippen molar-refractivity contribution in [2.75, 3.05) is 10.0 Å². The van der Waals surface area contributed by atoms with Crippen LogP contribution in [-0.4, -0.2) is 23.7 Å². The Morgan fingerprint density at radius 2 is 1.82 bits per heavy atom. The number of nitrogens with zero attached hydrogens (tertiary/aromatic N) is 2. The molecule has 0 unspecified atom stereocenters. The third-order valence-electron chi connectivity index (χ3n) is 4.11. The Morgan fingerprint density at radius 3 is 2.54 bits per heavy atom. The topological polar surface area (TPSA) is 92.6 Å². The summed E-state index contributed by atoms with van der Waals surface area (Å²) < 4.78 is 29.5. The Hall–Kier alpha value is -3.17. The predicted molar refractivity (Wildman–Crippen MR) is 109 cm³/mol. The smallest absolute Gasteiger partial charge is 0.275 e. The van der Waals surface area contributed by atoms with E-state index in [1.165, 1.54) is 6.07 Å². The number of para-hydroxylation sites is 2. The van der Waals surface area contributed by atoms with Crippen LogP contribution >= 0.6 is 11.3 Å². The molecule has 0 aliphatic carbocycles. The highest BCUT2D eigenvalue weighted by Gasteiger charge is 2.18. The molecule has 0 saturated carbocycles. The number of benzene rings is 1. The molecule has 4 rings (SSSR count). The molecule has 142 valence electrons. The van der Waals surface area contributed by atoms with Gasteiger partial charge in [0.25, 0.3) is 15.9 Å². The third kappa shape index (κ3) is 3.49. The van der Waals surface area contributed by atoms with Gasteiger partial charge in [-0.3, -0.25) is 9.52 Å². The molecule has 0 aliphatic rings. The molecule has 3 aromatic heterocycles. The van der Waals surface area contributed by atoms with Crippen molar-refractivity contribution in [3.05, 3.63) is 77.6 Å². The number of fused-ring (bicyclic) bond motifs is 1. The van der Waals surface area contributed by atoms with Crippen LogP contribution in [0.4, 0.5) is 11.4 Å². The summed E-state index contributed by atoms with van der Waals surface area (Å²) >= 11 is 1.12. The maximum absolute atomic E-state index is 12.7. The Kier molecular flexibility index (Phi) is 4.62. The summed E-state index contributed by atoms with van der Waals surface area (Å²) in [5.74, 6) is -0.425. The average Bonchev–Trinajstić information content (AvgIpc) is 3.34. The van der Waals surface area contributed by atoms with Gasteiger partial charge in [0.1, 0.15) is 15.6 Å². The van der Waals surface area contributed by atoms with Crippen molar-refractivity contribution in [1.29, 1.82) is 0 Å². The lowest BCUT2D eigenvalue weighted by molar-refractivity contribution is 0.102. The first-order chi connectivity index (χ1) is 13.4. The number of nitrogens with one attached hydrogen (secondary N) is 2. The quantitative estimate of drug-likeness (QED) is 0.522. The number of anilines is 2. The zero-order chi connectivity index (χ0) is 19.7. The number of aryl methyl sites for hydroxylation is 1. The molecule has 0 spiro atoms. The van der Waals surface area contributed by atoms with E-state index in [2.05, 4.69) is 15.0 Å². The maximum Gasteiger partial charge on any atom is 0.275 e. The number of rotatable bonds is 5. The minimum Gasteiger partial charge on any atom is -0.319 e. The number of aromatic nitrogens is 2. The zero-order valence-electron chi connectivity index (χ0n) is 14.8. The number of pyridine rings is 1. The SMILES string of the molecule is Cc1cccc2nc(C(=O)Nc3ccccc3NS(=O)(=O)c3cccs3)cn12. The Bertz CT molecular complexity index is 1260. The predicted octanol–water partition coefficient (Wildman–Crippen LogP) is 3.76. The molecule has 0 atom stereocenters. The number of sulfonamides is 1. The van der Waals surface area contributed by atoms with E-state index < -0.39 is 15.9 Å². The molecule has 1 amide bonds. The summed E-state index contributed by atoms with van der Waals surface area (Å²) in [5, 5.41) is 4.42. The zero-order valence-corrected chi connectivity index (χ0v) is 16.4. The molecule has 9 heteroatoms. The fraction of sp³-hybridized carbons (Fsp3) is 0.0526. The van der Waals surface area contributed by atoms with Gasteiger partial charge in [0.15, 0.2) is 0 Å². The first kappa shape index (κ1) is 18.2. The van der Waals surface area contributed by atoms with Crippen molar-refractivity contribution in [2.24, 2.45) is 0 Å². The van der Waals surface area contributed by atoms with Crippen LogP contribution in [0.5, 0.6) is 0 Å². The normalized spacial score (nSPS) is 11.5. The fourth-order valence-electron chi connectivity index (χ4n) is 2.74. The van der Waals surface area contributed by atoms with Gasteiger partial charge >= 0.3 is 0 Å². The van der Waals surface area contributed by atoms with Crippen LogP contribution in [0.3, 0.4) is 0 Å². The van der Waals surface area contributed by atoms with Gasteiger partial charge in [0.05, 0.1) is 11.4 Å². The molecular weight excluding hydrogens is 396 g/mol. The fourth-order valence-corrected chi connectivity index (χ4v) is 4.81. The summed E-state index contributed by atoms with van der Waals surface area (Å²) in [4.78, 5) is 17.0. The molecule has 0 radical (unpaired) electrons. The van der Waals surface area contributed by atoms with Crippen molar-refractivity contribution in [2.45, 2.75) is 11.1 Å². The average molecular weight is 412 g/mol. The van der Waals surface area contributed by atoms with E-state index >= 15 is 0 Å². The molecule has 0 saturated heterocycles. The van der Waals surface area contributed by atoms with Crippen molar-refractivity contribution in [1.82, 2.24) is 9.38 Å². The second kappa shape index (κ2) is 7.10. The number of carbonyl (C=O) groups is 1. The second-order valence-electron chi connectivity index (χ2n) is 6.06. The summed E-state index contributed by atoms with van der Waals surface area (Å²) in [7, 11) is -3.72. The minimum absolute atomic E-state index is 0.199. The van der Waals surface area contributed by atoms with Crippen molar-refractivity contribution in [3.8, 4) is 0 Å². The lowest BCUT2D eigenvalue weighted by atomic mass is 10.2. The maximum atomic E-state index is 12.7. The first-order valence-corrected chi connectivity index (χ1v) is 10.7. The van der Waals surface area contributed by atoms with Gasteiger partial charge < -0.3 is 9.72 Å². The Labute approximate surface area is 165 Å². The summed E-state index contributed by atoms with van der Waals surface area (Å²) in [5.41, 5.74) is 2.49. The van der Waals surface area contributed by atoms with E-state index in [0.29, 0.717) is 11.3 Å². The van der Waals surface area contributed by atoms with E-state index in [-0.39, 0.29) is 15.6 Å². The third-order valence-corrected chi connectivity index (χ3v) is 6.87. The number of hydrogen-bond donors (Lipinski definition) is 2. The van der Waals surface area contributed by atoms with Crippen molar-refractivity contribution < 1.29 is 13.2 Å². The van der Waals surface area contributed by atoms with Crippen LogP contribution in [0.2, 0.25) is 0 Å². The van der Waals surface area contributed by atoms with E-state index in [4.69, 9.17) is 0 Å². The molecule has 0 bridgehead atoms. The van der Waals surface area contributed by atoms with Crippen LogP contribution in [0, 0.1) is 6.92 Å². The van der Waals surface area contributed by atoms with Crippen LogP contribution in [-0.2, 0) is 10.0 Å². The monoisotopic (exact) mass is 412 g/mol. The summed E-state index contributed by atoms with van der Waals surface area (Å²) in [6.07, 6.45) is 1.65. The van der Waals surface area contributed by atoms with Gasteiger partial charge in [0.2, 0.25) is 0 Å². The van der Waals surface area contributed by atoms with E-state index in [1.807, 2.05) is 29.5 Å². The minimum atomic E-state index is -3.72. The molecule has 7 nitrogen and oxygen atoms in total. The van der Waals surface area contributed by atoms with E-state index in [0.717, 1.165) is 17.0 Å². The number of thiophene rings is 1. The van der Waals surface area contributed by atoms with Crippen LogP contribution < -0.4 is 10.0 Å². The summed E-state index contributed by atoms with van der Waals surface area (Å²) in [6, 6.07) is 15.4. The molecule has 3 heterocycles. The van der Waals surface area contributed by atoms with Crippen LogP contribution in [0.15, 0.2) is 70.4 Å². The molecular formula is C19H16N4O3S2. The number of amides is 1. The first-order valence-electron chi connectivity index (χ1n) is 8.35. The van der Waals surface area contributed by atoms with Crippen molar-refractivity contribution >= 4 is 44.3 Å². The van der Waals surface area contributed by atoms with Gasteiger partial charge in [-0.05, 0) is 42.6 Å². The molecule has 2 N–H and O–H groups in total. The molecule has 28 heavy (non-hydrogen) atoms. The van der Waals surface area contributed by atoms with Gasteiger partial charge in [-0.25, -0.2) is 13.4 Å². The number of hydrogen-bond acceptors (Lipinski definition) is 5. The highest BCUT2D eigenvalue weighted by molar-refractivity contribution is 7.94. The largest absolute Gasteiger partial charge is 0.319 e. The number of carbonyl (C=O) groups excluding carboxylic acids is 1. The van der Waals surface area contributed by atoms with E-state index in [9.17, 15) is 13.2 Å². The highest BCUT2D eigenvalue weighted by Crippen LogP contribution is 2.26. The van der Waals surface area contributed by atoms with Crippen LogP contribution in [0.25, 0.3) is 5.65 Å². The highest BCUT2D eigenvalue weighted by atomic mass is 32.2. The van der Waals surface area contributed by atoms with Gasteiger partial charge in [-0.2, -0.15) is 0 Å².